The molecule has 0 atom stereocenters. The van der Waals surface area contributed by atoms with Crippen molar-refractivity contribution in [2.45, 2.75) is 26.8 Å². The molecule has 7 nitrogen and oxygen atoms in total. The van der Waals surface area contributed by atoms with E-state index < -0.39 is 0 Å². The van der Waals surface area contributed by atoms with Crippen molar-refractivity contribution in [1.82, 2.24) is 30.4 Å². The molecule has 0 saturated heterocycles. The van der Waals surface area contributed by atoms with Gasteiger partial charge in [-0.05, 0) is 44.0 Å². The summed E-state index contributed by atoms with van der Waals surface area (Å²) >= 11 is 0. The van der Waals surface area contributed by atoms with E-state index in [0.29, 0.717) is 13.1 Å². The van der Waals surface area contributed by atoms with Gasteiger partial charge in [0.15, 0.2) is 11.8 Å². The quantitative estimate of drug-likeness (QED) is 0.285. The Morgan fingerprint density at radius 3 is 2.81 bits per heavy atom. The summed E-state index contributed by atoms with van der Waals surface area (Å²) in [5.74, 6) is 2.17. The maximum Gasteiger partial charge on any atom is 0.191 e. The van der Waals surface area contributed by atoms with E-state index in [1.165, 1.54) is 6.07 Å². The first-order chi connectivity index (χ1) is 12.6. The molecule has 1 aromatic carbocycles. The molecule has 2 aromatic heterocycles. The summed E-state index contributed by atoms with van der Waals surface area (Å²) in [6.07, 6.45) is 2.69. The molecular formula is C18H25FIN7. The number of benzene rings is 1. The van der Waals surface area contributed by atoms with Crippen LogP contribution in [0.5, 0.6) is 0 Å². The zero-order chi connectivity index (χ0) is 18.5. The number of aromatic nitrogens is 4. The maximum absolute atomic E-state index is 13.5. The number of aryl methyl sites for hydroxylation is 1. The van der Waals surface area contributed by atoms with Gasteiger partial charge < -0.3 is 20.2 Å². The number of nitrogens with zero attached hydrogens (tertiary/aromatic N) is 4. The topological polar surface area (TPSA) is 82.9 Å². The highest BCUT2D eigenvalue weighted by molar-refractivity contribution is 14.0. The standard InChI is InChI=1S/C18H24FN7.HI/c1-4-20-18(23-11-17-25-24-12(2)26(17)3)21-8-7-13-10-22-16-6-5-14(19)9-15(13)16;/h5-6,9-10,22H,4,7-8,11H2,1-3H3,(H2,20,21,23);1H. The van der Waals surface area contributed by atoms with Gasteiger partial charge >= 0.3 is 0 Å². The van der Waals surface area contributed by atoms with Gasteiger partial charge in [-0.15, -0.1) is 34.2 Å². The van der Waals surface area contributed by atoms with Crippen molar-refractivity contribution >= 4 is 40.8 Å². The second kappa shape index (κ2) is 9.67. The summed E-state index contributed by atoms with van der Waals surface area (Å²) in [5, 5.41) is 15.6. The van der Waals surface area contributed by atoms with Gasteiger partial charge in [-0.25, -0.2) is 9.38 Å². The smallest absolute Gasteiger partial charge is 0.191 e. The van der Waals surface area contributed by atoms with Gasteiger partial charge in [0, 0.05) is 37.2 Å². The van der Waals surface area contributed by atoms with Crippen molar-refractivity contribution in [2.75, 3.05) is 13.1 Å². The fourth-order valence-electron chi connectivity index (χ4n) is 2.75. The highest BCUT2D eigenvalue weighted by Crippen LogP contribution is 2.19. The zero-order valence-electron chi connectivity index (χ0n) is 15.7. The average Bonchev–Trinajstić information content (AvgIpc) is 3.17. The predicted molar refractivity (Wildman–Crippen MR) is 116 cm³/mol. The van der Waals surface area contributed by atoms with Crippen molar-refractivity contribution in [3.63, 3.8) is 0 Å². The van der Waals surface area contributed by atoms with Crippen LogP contribution in [0.1, 0.15) is 24.1 Å². The molecule has 0 amide bonds. The Morgan fingerprint density at radius 2 is 2.11 bits per heavy atom. The van der Waals surface area contributed by atoms with E-state index in [1.54, 1.807) is 12.1 Å². The largest absolute Gasteiger partial charge is 0.361 e. The number of hydrogen-bond acceptors (Lipinski definition) is 3. The second-order valence-corrected chi connectivity index (χ2v) is 6.10. The molecule has 3 rings (SSSR count). The van der Waals surface area contributed by atoms with Crippen LogP contribution in [0.2, 0.25) is 0 Å². The third kappa shape index (κ3) is 5.18. The van der Waals surface area contributed by atoms with Crippen molar-refractivity contribution in [1.29, 1.82) is 0 Å². The molecule has 146 valence electrons. The Balaban J connectivity index is 0.00000261. The highest BCUT2D eigenvalue weighted by atomic mass is 127. The monoisotopic (exact) mass is 485 g/mol. The molecule has 0 aliphatic rings. The first-order valence-electron chi connectivity index (χ1n) is 8.71. The molecule has 0 spiro atoms. The van der Waals surface area contributed by atoms with Crippen molar-refractivity contribution in [2.24, 2.45) is 12.0 Å². The van der Waals surface area contributed by atoms with Crippen LogP contribution >= 0.6 is 24.0 Å². The number of fused-ring (bicyclic) bond motifs is 1. The van der Waals surface area contributed by atoms with Crippen LogP contribution in [0, 0.1) is 12.7 Å². The van der Waals surface area contributed by atoms with Gasteiger partial charge in [0.25, 0.3) is 0 Å². The zero-order valence-corrected chi connectivity index (χ0v) is 18.0. The Hall–Kier alpha value is -2.17. The number of hydrogen-bond donors (Lipinski definition) is 3. The van der Waals surface area contributed by atoms with Gasteiger partial charge in [-0.3, -0.25) is 0 Å². The molecule has 0 bridgehead atoms. The van der Waals surface area contributed by atoms with Crippen molar-refractivity contribution in [3.8, 4) is 0 Å². The second-order valence-electron chi connectivity index (χ2n) is 6.10. The lowest BCUT2D eigenvalue weighted by Crippen LogP contribution is -2.38. The molecule has 3 aromatic rings. The summed E-state index contributed by atoms with van der Waals surface area (Å²) in [4.78, 5) is 7.73. The third-order valence-corrected chi connectivity index (χ3v) is 4.32. The van der Waals surface area contributed by atoms with Crippen LogP contribution in [0.4, 0.5) is 4.39 Å². The van der Waals surface area contributed by atoms with Gasteiger partial charge in [-0.1, -0.05) is 0 Å². The van der Waals surface area contributed by atoms with Gasteiger partial charge in [0.05, 0.1) is 0 Å². The van der Waals surface area contributed by atoms with Crippen LogP contribution in [0.3, 0.4) is 0 Å². The maximum atomic E-state index is 13.5. The summed E-state index contributed by atoms with van der Waals surface area (Å²) in [5.41, 5.74) is 2.02. The van der Waals surface area contributed by atoms with Crippen molar-refractivity contribution < 1.29 is 4.39 Å². The minimum atomic E-state index is -0.222. The lowest BCUT2D eigenvalue weighted by atomic mass is 10.1. The van der Waals surface area contributed by atoms with E-state index in [1.807, 2.05) is 31.7 Å². The first-order valence-corrected chi connectivity index (χ1v) is 8.71. The Morgan fingerprint density at radius 1 is 1.30 bits per heavy atom. The summed E-state index contributed by atoms with van der Waals surface area (Å²) in [6.45, 7) is 5.83. The Kier molecular flexibility index (Phi) is 7.57. The molecule has 9 heteroatoms. The van der Waals surface area contributed by atoms with Crippen LogP contribution in [-0.4, -0.2) is 38.8 Å². The average molecular weight is 485 g/mol. The molecule has 0 saturated carbocycles. The number of halogens is 2. The van der Waals surface area contributed by atoms with Gasteiger partial charge in [0.2, 0.25) is 0 Å². The Labute approximate surface area is 174 Å². The lowest BCUT2D eigenvalue weighted by molar-refractivity contribution is 0.629. The van der Waals surface area contributed by atoms with Gasteiger partial charge in [-0.2, -0.15) is 0 Å². The minimum absolute atomic E-state index is 0. The lowest BCUT2D eigenvalue weighted by Gasteiger charge is -2.11. The highest BCUT2D eigenvalue weighted by Gasteiger charge is 2.07. The van der Waals surface area contributed by atoms with Crippen LogP contribution in [-0.2, 0) is 20.0 Å². The minimum Gasteiger partial charge on any atom is -0.361 e. The fourth-order valence-corrected chi connectivity index (χ4v) is 2.75. The number of guanidine groups is 1. The first kappa shape index (κ1) is 21.1. The van der Waals surface area contributed by atoms with Crippen LogP contribution in [0.25, 0.3) is 10.9 Å². The van der Waals surface area contributed by atoms with E-state index in [-0.39, 0.29) is 29.8 Å². The Bertz CT molecular complexity index is 916. The number of rotatable bonds is 6. The normalized spacial score (nSPS) is 11.5. The fraction of sp³-hybridized carbons (Fsp3) is 0.389. The molecule has 0 unspecified atom stereocenters. The number of nitrogens with one attached hydrogen (secondary N) is 3. The summed E-state index contributed by atoms with van der Waals surface area (Å²) in [7, 11) is 1.93. The van der Waals surface area contributed by atoms with Crippen LogP contribution in [0.15, 0.2) is 29.4 Å². The molecule has 0 aliphatic heterocycles. The van der Waals surface area contributed by atoms with E-state index in [2.05, 4.69) is 30.8 Å². The molecular weight excluding hydrogens is 460 g/mol. The van der Waals surface area contributed by atoms with E-state index in [4.69, 9.17) is 0 Å². The molecule has 3 N–H and O–H groups in total. The third-order valence-electron chi connectivity index (χ3n) is 4.32. The number of aromatic amines is 1. The molecule has 2 heterocycles. The van der Waals surface area contributed by atoms with E-state index in [0.717, 1.165) is 47.0 Å². The number of aliphatic imine (C=N–C) groups is 1. The molecule has 0 radical (unpaired) electrons. The summed E-state index contributed by atoms with van der Waals surface area (Å²) < 4.78 is 15.4. The van der Waals surface area contributed by atoms with E-state index in [9.17, 15) is 4.39 Å². The van der Waals surface area contributed by atoms with Crippen molar-refractivity contribution in [3.05, 3.63) is 47.4 Å². The summed E-state index contributed by atoms with van der Waals surface area (Å²) in [6, 6.07) is 4.79. The predicted octanol–water partition coefficient (Wildman–Crippen LogP) is 2.66. The molecule has 27 heavy (non-hydrogen) atoms. The van der Waals surface area contributed by atoms with Crippen LogP contribution < -0.4 is 10.6 Å². The number of H-pyrrole nitrogens is 1. The molecule has 0 aliphatic carbocycles. The van der Waals surface area contributed by atoms with E-state index >= 15 is 0 Å². The van der Waals surface area contributed by atoms with Gasteiger partial charge in [0.1, 0.15) is 18.2 Å². The molecule has 0 fully saturated rings. The SMILES string of the molecule is CCNC(=NCc1nnc(C)n1C)NCCc1c[nH]c2ccc(F)cc12.I.